The van der Waals surface area contributed by atoms with Gasteiger partial charge in [-0.1, -0.05) is 24.4 Å². The van der Waals surface area contributed by atoms with Crippen molar-refractivity contribution >= 4 is 11.5 Å². The molecule has 1 atom stereocenters. The highest BCUT2D eigenvalue weighted by Gasteiger charge is 2.21. The van der Waals surface area contributed by atoms with Gasteiger partial charge in [-0.2, -0.15) is 0 Å². The summed E-state index contributed by atoms with van der Waals surface area (Å²) in [4.78, 5) is 1.12. The lowest BCUT2D eigenvalue weighted by atomic mass is 9.98. The van der Waals surface area contributed by atoms with Crippen molar-refractivity contribution in [2.75, 3.05) is 6.54 Å². The number of benzene rings is 1. The van der Waals surface area contributed by atoms with Crippen molar-refractivity contribution in [3.8, 4) is 0 Å². The summed E-state index contributed by atoms with van der Waals surface area (Å²) in [5.74, 6) is -0.199. The van der Waals surface area contributed by atoms with Crippen molar-refractivity contribution in [3.05, 3.63) is 45.7 Å². The summed E-state index contributed by atoms with van der Waals surface area (Å²) in [5, 5.41) is 7.61. The molecule has 1 N–H and O–H groups in total. The van der Waals surface area contributed by atoms with E-state index in [9.17, 15) is 4.39 Å². The smallest absolute Gasteiger partial charge is 0.123 e. The summed E-state index contributed by atoms with van der Waals surface area (Å²) < 4.78 is 17.3. The number of rotatable bonds is 5. The first-order valence-corrected chi connectivity index (χ1v) is 7.25. The van der Waals surface area contributed by atoms with E-state index in [0.29, 0.717) is 0 Å². The minimum atomic E-state index is -0.199. The Bertz CT molecular complexity index is 553. The molecular weight excluding hydrogens is 261 g/mol. The third kappa shape index (κ3) is 2.98. The van der Waals surface area contributed by atoms with Crippen molar-refractivity contribution in [1.82, 2.24) is 14.9 Å². The van der Waals surface area contributed by atoms with Gasteiger partial charge in [0, 0.05) is 0 Å². The van der Waals surface area contributed by atoms with Crippen LogP contribution in [0.5, 0.6) is 0 Å². The van der Waals surface area contributed by atoms with Crippen LogP contribution in [0, 0.1) is 12.7 Å². The van der Waals surface area contributed by atoms with E-state index in [1.807, 2.05) is 13.0 Å². The van der Waals surface area contributed by atoms with Gasteiger partial charge in [-0.05, 0) is 54.7 Å². The van der Waals surface area contributed by atoms with Gasteiger partial charge in [0.2, 0.25) is 0 Å². The highest BCUT2D eigenvalue weighted by molar-refractivity contribution is 7.05. The fourth-order valence-electron chi connectivity index (χ4n) is 2.19. The highest BCUT2D eigenvalue weighted by atomic mass is 32.1. The monoisotopic (exact) mass is 279 g/mol. The minimum Gasteiger partial charge on any atom is -0.306 e. The molecule has 2 aromatic rings. The van der Waals surface area contributed by atoms with Crippen molar-refractivity contribution in [2.45, 2.75) is 33.2 Å². The Morgan fingerprint density at radius 1 is 1.37 bits per heavy atom. The number of hydrogen-bond donors (Lipinski definition) is 1. The molecule has 0 aliphatic carbocycles. The van der Waals surface area contributed by atoms with Gasteiger partial charge >= 0.3 is 0 Å². The normalized spacial score (nSPS) is 12.6. The molecule has 2 rings (SSSR count). The molecule has 19 heavy (non-hydrogen) atoms. The molecule has 0 saturated heterocycles. The van der Waals surface area contributed by atoms with Crippen LogP contribution in [0.3, 0.4) is 0 Å². The van der Waals surface area contributed by atoms with Crippen LogP contribution in [0.15, 0.2) is 18.2 Å². The van der Waals surface area contributed by atoms with Crippen LogP contribution >= 0.6 is 11.5 Å². The molecule has 102 valence electrons. The van der Waals surface area contributed by atoms with Crippen molar-refractivity contribution < 1.29 is 4.39 Å². The molecule has 0 spiro atoms. The van der Waals surface area contributed by atoms with Crippen molar-refractivity contribution in [2.24, 2.45) is 0 Å². The Labute approximate surface area is 117 Å². The van der Waals surface area contributed by atoms with Gasteiger partial charge in [0.05, 0.1) is 16.6 Å². The molecule has 0 saturated carbocycles. The topological polar surface area (TPSA) is 37.8 Å². The summed E-state index contributed by atoms with van der Waals surface area (Å²) in [6, 6.07) is 4.96. The predicted octanol–water partition coefficient (Wildman–Crippen LogP) is 3.25. The summed E-state index contributed by atoms with van der Waals surface area (Å²) in [7, 11) is 0. The first-order valence-electron chi connectivity index (χ1n) is 6.47. The van der Waals surface area contributed by atoms with Crippen molar-refractivity contribution in [1.29, 1.82) is 0 Å². The molecule has 1 aromatic heterocycles. The lowest BCUT2D eigenvalue weighted by molar-refractivity contribution is 0.611. The maximum Gasteiger partial charge on any atom is 0.123 e. The van der Waals surface area contributed by atoms with E-state index in [1.54, 1.807) is 6.07 Å². The number of nitrogens with one attached hydrogen (secondary N) is 1. The van der Waals surface area contributed by atoms with E-state index in [4.69, 9.17) is 0 Å². The molecular formula is C14H18FN3S. The maximum absolute atomic E-state index is 13.2. The summed E-state index contributed by atoms with van der Waals surface area (Å²) in [6.07, 6.45) is 0.855. The highest BCUT2D eigenvalue weighted by Crippen LogP contribution is 2.29. The maximum atomic E-state index is 13.2. The van der Waals surface area contributed by atoms with E-state index in [2.05, 4.69) is 28.8 Å². The second kappa shape index (κ2) is 6.21. The molecule has 0 radical (unpaired) electrons. The Morgan fingerprint density at radius 3 is 2.79 bits per heavy atom. The quantitative estimate of drug-likeness (QED) is 0.913. The number of nitrogens with zero attached hydrogens (tertiary/aromatic N) is 2. The van der Waals surface area contributed by atoms with Crippen LogP contribution in [0.25, 0.3) is 0 Å². The predicted molar refractivity (Wildman–Crippen MR) is 75.9 cm³/mol. The molecule has 1 heterocycles. The van der Waals surface area contributed by atoms with Crippen LogP contribution in [0.1, 0.15) is 41.6 Å². The van der Waals surface area contributed by atoms with Gasteiger partial charge in [-0.3, -0.25) is 0 Å². The second-order valence-corrected chi connectivity index (χ2v) is 5.21. The summed E-state index contributed by atoms with van der Waals surface area (Å²) in [6.45, 7) is 6.90. The van der Waals surface area contributed by atoms with Gasteiger partial charge in [-0.15, -0.1) is 5.10 Å². The minimum absolute atomic E-state index is 0.0422. The van der Waals surface area contributed by atoms with Crippen LogP contribution in [-0.2, 0) is 6.42 Å². The van der Waals surface area contributed by atoms with Gasteiger partial charge < -0.3 is 5.32 Å². The molecule has 5 heteroatoms. The zero-order valence-corrected chi connectivity index (χ0v) is 12.2. The number of hydrogen-bond acceptors (Lipinski definition) is 4. The van der Waals surface area contributed by atoms with Gasteiger partial charge in [0.25, 0.3) is 0 Å². The number of aryl methyl sites for hydroxylation is 2. The van der Waals surface area contributed by atoms with Gasteiger partial charge in [-0.25, -0.2) is 4.39 Å². The zero-order valence-electron chi connectivity index (χ0n) is 11.4. The fraction of sp³-hybridized carbons (Fsp3) is 0.429. The summed E-state index contributed by atoms with van der Waals surface area (Å²) in [5.41, 5.74) is 3.05. The lowest BCUT2D eigenvalue weighted by Gasteiger charge is -2.19. The van der Waals surface area contributed by atoms with Crippen LogP contribution in [-0.4, -0.2) is 16.1 Å². The SMILES string of the molecule is CCNC(c1ccc(F)cc1C)c1snnc1CC. The van der Waals surface area contributed by atoms with E-state index in [0.717, 1.165) is 34.7 Å². The molecule has 1 aromatic carbocycles. The zero-order chi connectivity index (χ0) is 13.8. The fourth-order valence-corrected chi connectivity index (χ4v) is 3.02. The largest absolute Gasteiger partial charge is 0.306 e. The molecule has 0 amide bonds. The Morgan fingerprint density at radius 2 is 2.16 bits per heavy atom. The third-order valence-electron chi connectivity index (χ3n) is 3.13. The van der Waals surface area contributed by atoms with Crippen LogP contribution < -0.4 is 5.32 Å². The number of aromatic nitrogens is 2. The molecule has 3 nitrogen and oxygen atoms in total. The summed E-state index contributed by atoms with van der Waals surface area (Å²) >= 11 is 1.41. The molecule has 0 aliphatic rings. The first-order chi connectivity index (χ1) is 9.17. The lowest BCUT2D eigenvalue weighted by Crippen LogP contribution is -2.23. The average Bonchev–Trinajstić information content (AvgIpc) is 2.85. The van der Waals surface area contributed by atoms with E-state index >= 15 is 0 Å². The first kappa shape index (κ1) is 14.1. The van der Waals surface area contributed by atoms with Crippen molar-refractivity contribution in [3.63, 3.8) is 0 Å². The van der Waals surface area contributed by atoms with Crippen LogP contribution in [0.2, 0.25) is 0 Å². The Balaban J connectivity index is 2.45. The van der Waals surface area contributed by atoms with Crippen LogP contribution in [0.4, 0.5) is 4.39 Å². The number of halogens is 1. The molecule has 0 aliphatic heterocycles. The second-order valence-electron chi connectivity index (χ2n) is 4.43. The molecule has 0 fully saturated rings. The Hall–Kier alpha value is -1.33. The van der Waals surface area contributed by atoms with E-state index < -0.39 is 0 Å². The standard InChI is InChI=1S/C14H18FN3S/c1-4-12-14(19-18-17-12)13(16-5-2)11-7-6-10(15)8-9(11)3/h6-8,13,16H,4-5H2,1-3H3. The average molecular weight is 279 g/mol. The van der Waals surface area contributed by atoms with E-state index in [1.165, 1.54) is 17.6 Å². The molecule has 0 bridgehead atoms. The third-order valence-corrected chi connectivity index (χ3v) is 3.96. The Kier molecular flexibility index (Phi) is 4.61. The molecule has 1 unspecified atom stereocenters. The van der Waals surface area contributed by atoms with Gasteiger partial charge in [0.1, 0.15) is 5.82 Å². The van der Waals surface area contributed by atoms with Gasteiger partial charge in [0.15, 0.2) is 0 Å². The van der Waals surface area contributed by atoms with E-state index in [-0.39, 0.29) is 11.9 Å².